The molecule has 1 rings (SSSR count). The van der Waals surface area contributed by atoms with Crippen LogP contribution in [-0.4, -0.2) is 6.54 Å². The van der Waals surface area contributed by atoms with Crippen LogP contribution in [0.25, 0.3) is 0 Å². The average Bonchev–Trinajstić information content (AvgIpc) is 2.18. The zero-order valence-electron chi connectivity index (χ0n) is 8.57. The van der Waals surface area contributed by atoms with Gasteiger partial charge < -0.3 is 5.32 Å². The maximum atomic E-state index is 13.1. The summed E-state index contributed by atoms with van der Waals surface area (Å²) in [6.07, 6.45) is 1.82. The highest BCUT2D eigenvalue weighted by Gasteiger charge is 2.12. The summed E-state index contributed by atoms with van der Waals surface area (Å²) in [5.74, 6) is -3.81. The molecule has 0 saturated heterocycles. The second-order valence-corrected chi connectivity index (χ2v) is 3.39. The van der Waals surface area contributed by atoms with Crippen LogP contribution in [0.5, 0.6) is 0 Å². The minimum absolute atomic E-state index is 0.0357. The van der Waals surface area contributed by atoms with Gasteiger partial charge in [-0.1, -0.05) is 11.6 Å². The van der Waals surface area contributed by atoms with E-state index in [1.54, 1.807) is 0 Å². The van der Waals surface area contributed by atoms with Gasteiger partial charge in [-0.25, -0.2) is 13.2 Å². The normalized spacial score (nSPS) is 9.93. The van der Waals surface area contributed by atoms with Crippen molar-refractivity contribution in [2.75, 3.05) is 11.9 Å². The highest BCUT2D eigenvalue weighted by atomic mass is 19.2. The van der Waals surface area contributed by atoms with Crippen LogP contribution in [0, 0.1) is 17.5 Å². The number of halogens is 3. The van der Waals surface area contributed by atoms with Gasteiger partial charge in [0.25, 0.3) is 0 Å². The van der Waals surface area contributed by atoms with Crippen molar-refractivity contribution in [3.63, 3.8) is 0 Å². The highest BCUT2D eigenvalue weighted by Crippen LogP contribution is 2.19. The minimum Gasteiger partial charge on any atom is -0.379 e. The van der Waals surface area contributed by atoms with E-state index < -0.39 is 17.5 Å². The first-order chi connectivity index (χ1) is 7.02. The molecule has 0 atom stereocenters. The van der Waals surface area contributed by atoms with Crippen LogP contribution in [0.3, 0.4) is 0 Å². The lowest BCUT2D eigenvalue weighted by Gasteiger charge is -2.06. The van der Waals surface area contributed by atoms with Gasteiger partial charge in [0, 0.05) is 6.54 Å². The van der Waals surface area contributed by atoms with Crippen LogP contribution in [-0.2, 0) is 0 Å². The summed E-state index contributed by atoms with van der Waals surface area (Å²) in [5, 5.41) is 2.65. The van der Waals surface area contributed by atoms with Gasteiger partial charge >= 0.3 is 0 Å². The smallest absolute Gasteiger partial charge is 0.196 e. The number of hydrogen-bond acceptors (Lipinski definition) is 1. The molecule has 0 fully saturated rings. The Morgan fingerprint density at radius 1 is 1.20 bits per heavy atom. The molecule has 0 aliphatic rings. The monoisotopic (exact) mass is 215 g/mol. The van der Waals surface area contributed by atoms with E-state index >= 15 is 0 Å². The Morgan fingerprint density at radius 3 is 2.47 bits per heavy atom. The molecule has 1 aromatic rings. The highest BCUT2D eigenvalue weighted by molar-refractivity contribution is 5.45. The molecule has 0 unspecified atom stereocenters. The second kappa shape index (κ2) is 4.87. The number of benzene rings is 1. The molecule has 82 valence electrons. The molecule has 0 aliphatic heterocycles. The summed E-state index contributed by atoms with van der Waals surface area (Å²) < 4.78 is 38.4. The molecule has 0 radical (unpaired) electrons. The fraction of sp³-hybridized carbons (Fsp3) is 0.273. The van der Waals surface area contributed by atoms with Gasteiger partial charge in [0.05, 0.1) is 5.69 Å². The average molecular weight is 215 g/mol. The number of anilines is 1. The third-order valence-electron chi connectivity index (χ3n) is 1.84. The second-order valence-electron chi connectivity index (χ2n) is 3.39. The van der Waals surface area contributed by atoms with Crippen molar-refractivity contribution in [1.82, 2.24) is 0 Å². The molecule has 1 N–H and O–H groups in total. The third-order valence-corrected chi connectivity index (χ3v) is 1.84. The Balaban J connectivity index is 2.79. The molecule has 15 heavy (non-hydrogen) atoms. The van der Waals surface area contributed by atoms with E-state index in [0.717, 1.165) is 11.6 Å². The van der Waals surface area contributed by atoms with Crippen LogP contribution < -0.4 is 5.32 Å². The quantitative estimate of drug-likeness (QED) is 0.601. The maximum absolute atomic E-state index is 13.1. The van der Waals surface area contributed by atoms with Crippen molar-refractivity contribution in [3.8, 4) is 0 Å². The Labute approximate surface area is 86.6 Å². The first-order valence-corrected chi connectivity index (χ1v) is 4.53. The summed E-state index contributed by atoms with van der Waals surface area (Å²) in [6.45, 7) is 4.16. The molecule has 1 nitrogen and oxygen atoms in total. The van der Waals surface area contributed by atoms with Crippen LogP contribution in [0.1, 0.15) is 13.8 Å². The fourth-order valence-corrected chi connectivity index (χ4v) is 1.03. The van der Waals surface area contributed by atoms with Crippen molar-refractivity contribution in [2.45, 2.75) is 13.8 Å². The molecular weight excluding hydrogens is 203 g/mol. The minimum atomic E-state index is -1.45. The number of hydrogen-bond donors (Lipinski definition) is 1. The molecule has 0 heterocycles. The molecule has 0 spiro atoms. The van der Waals surface area contributed by atoms with Crippen molar-refractivity contribution in [2.24, 2.45) is 0 Å². The largest absolute Gasteiger partial charge is 0.379 e. The molecule has 0 saturated carbocycles. The van der Waals surface area contributed by atoms with Crippen LogP contribution in [0.2, 0.25) is 0 Å². The van der Waals surface area contributed by atoms with Gasteiger partial charge in [-0.05, 0) is 26.0 Å². The van der Waals surface area contributed by atoms with Gasteiger partial charge in [-0.2, -0.15) is 0 Å². The Bertz CT molecular complexity index is 382. The predicted molar refractivity (Wildman–Crippen MR) is 54.2 cm³/mol. The van der Waals surface area contributed by atoms with Gasteiger partial charge in [0.1, 0.15) is 0 Å². The summed E-state index contributed by atoms with van der Waals surface area (Å²) in [4.78, 5) is 0. The van der Waals surface area contributed by atoms with Crippen molar-refractivity contribution < 1.29 is 13.2 Å². The first-order valence-electron chi connectivity index (χ1n) is 4.53. The van der Waals surface area contributed by atoms with Crippen molar-refractivity contribution in [1.29, 1.82) is 0 Å². The Morgan fingerprint density at radius 2 is 1.87 bits per heavy atom. The van der Waals surface area contributed by atoms with Crippen LogP contribution in [0.4, 0.5) is 18.9 Å². The molecular formula is C11H12F3N. The van der Waals surface area contributed by atoms with E-state index in [4.69, 9.17) is 0 Å². The van der Waals surface area contributed by atoms with Gasteiger partial charge in [0.2, 0.25) is 0 Å². The van der Waals surface area contributed by atoms with Gasteiger partial charge in [0.15, 0.2) is 17.5 Å². The summed E-state index contributed by atoms with van der Waals surface area (Å²) >= 11 is 0. The molecule has 0 aromatic heterocycles. The predicted octanol–water partition coefficient (Wildman–Crippen LogP) is 3.48. The van der Waals surface area contributed by atoms with E-state index in [2.05, 4.69) is 5.32 Å². The summed E-state index contributed by atoms with van der Waals surface area (Å²) in [5.41, 5.74) is 1.02. The van der Waals surface area contributed by atoms with Crippen LogP contribution in [0.15, 0.2) is 23.8 Å². The third kappa shape index (κ3) is 3.01. The molecule has 0 aliphatic carbocycles. The maximum Gasteiger partial charge on any atom is 0.196 e. The summed E-state index contributed by atoms with van der Waals surface area (Å²) in [6, 6.07) is 2.07. The van der Waals surface area contributed by atoms with Crippen molar-refractivity contribution in [3.05, 3.63) is 41.2 Å². The summed E-state index contributed by atoms with van der Waals surface area (Å²) in [7, 11) is 0. The molecule has 0 bridgehead atoms. The molecule has 4 heteroatoms. The number of nitrogens with one attached hydrogen (secondary N) is 1. The molecule has 0 amide bonds. The van der Waals surface area contributed by atoms with E-state index in [-0.39, 0.29) is 5.69 Å². The van der Waals surface area contributed by atoms with Crippen LogP contribution >= 0.6 is 0 Å². The lowest BCUT2D eigenvalue weighted by molar-refractivity contribution is 0.449. The van der Waals surface area contributed by atoms with Gasteiger partial charge in [-0.3, -0.25) is 0 Å². The van der Waals surface area contributed by atoms with E-state index in [0.29, 0.717) is 6.54 Å². The first kappa shape index (κ1) is 11.6. The zero-order valence-corrected chi connectivity index (χ0v) is 8.57. The zero-order chi connectivity index (χ0) is 11.4. The van der Waals surface area contributed by atoms with Gasteiger partial charge in [-0.15, -0.1) is 0 Å². The van der Waals surface area contributed by atoms with E-state index in [9.17, 15) is 13.2 Å². The lowest BCUT2D eigenvalue weighted by atomic mass is 10.2. The standard InChI is InChI=1S/C11H12F3N/c1-7(2)5-6-15-9-4-3-8(12)10(13)11(9)14/h3-5,15H,6H2,1-2H3. The van der Waals surface area contributed by atoms with Crippen molar-refractivity contribution >= 4 is 5.69 Å². The molecule has 1 aromatic carbocycles. The van der Waals surface area contributed by atoms with E-state index in [1.807, 2.05) is 19.9 Å². The Hall–Kier alpha value is -1.45. The van der Waals surface area contributed by atoms with E-state index in [1.165, 1.54) is 6.07 Å². The lowest BCUT2D eigenvalue weighted by Crippen LogP contribution is -2.03. The number of allylic oxidation sites excluding steroid dienone is 1. The Kier molecular flexibility index (Phi) is 3.77. The fourth-order valence-electron chi connectivity index (χ4n) is 1.03. The number of rotatable bonds is 3. The SMILES string of the molecule is CC(C)=CCNc1ccc(F)c(F)c1F. The topological polar surface area (TPSA) is 12.0 Å².